The first-order chi connectivity index (χ1) is 11.7. The molecule has 0 bridgehead atoms. The maximum absolute atomic E-state index is 11.4. The molecule has 1 aromatic heterocycles. The van der Waals surface area contributed by atoms with Crippen molar-refractivity contribution in [3.05, 3.63) is 71.0 Å². The summed E-state index contributed by atoms with van der Waals surface area (Å²) in [7, 11) is 1.37. The Morgan fingerprint density at radius 1 is 1.25 bits per heavy atom. The lowest BCUT2D eigenvalue weighted by atomic mass is 10.1. The van der Waals surface area contributed by atoms with Gasteiger partial charge in [0.25, 0.3) is 0 Å². The molecule has 5 nitrogen and oxygen atoms in total. The molecule has 24 heavy (non-hydrogen) atoms. The largest absolute Gasteiger partial charge is 0.465 e. The topological polar surface area (TPSA) is 57.0 Å². The van der Waals surface area contributed by atoms with Gasteiger partial charge in [-0.1, -0.05) is 41.6 Å². The molecule has 3 aromatic rings. The van der Waals surface area contributed by atoms with Crippen LogP contribution in [0.5, 0.6) is 0 Å². The molecule has 0 amide bonds. The predicted octanol–water partition coefficient (Wildman–Crippen LogP) is 4.00. The van der Waals surface area contributed by atoms with Crippen LogP contribution in [0.4, 0.5) is 0 Å². The number of esters is 1. The highest BCUT2D eigenvalue weighted by Crippen LogP contribution is 2.24. The summed E-state index contributed by atoms with van der Waals surface area (Å²) < 4.78 is 6.58. The Hall–Kier alpha value is -2.31. The van der Waals surface area contributed by atoms with E-state index in [1.165, 1.54) is 7.11 Å². The van der Waals surface area contributed by atoms with Crippen molar-refractivity contribution in [2.75, 3.05) is 7.11 Å². The maximum Gasteiger partial charge on any atom is 0.337 e. The van der Waals surface area contributed by atoms with Crippen LogP contribution in [0, 0.1) is 0 Å². The van der Waals surface area contributed by atoms with Crippen LogP contribution in [-0.2, 0) is 10.5 Å². The minimum atomic E-state index is -0.338. The highest BCUT2D eigenvalue weighted by molar-refractivity contribution is 7.98. The summed E-state index contributed by atoms with van der Waals surface area (Å²) in [6.07, 6.45) is 1.66. The van der Waals surface area contributed by atoms with Gasteiger partial charge in [0.2, 0.25) is 0 Å². The molecule has 2 aromatic carbocycles. The zero-order valence-corrected chi connectivity index (χ0v) is 14.4. The summed E-state index contributed by atoms with van der Waals surface area (Å²) in [5.74, 6) is 0.371. The van der Waals surface area contributed by atoms with Crippen molar-refractivity contribution < 1.29 is 9.53 Å². The Kier molecular flexibility index (Phi) is 5.17. The smallest absolute Gasteiger partial charge is 0.337 e. The number of hydrogen-bond donors (Lipinski definition) is 0. The molecule has 1 heterocycles. The number of carbonyl (C=O) groups is 1. The summed E-state index contributed by atoms with van der Waals surface area (Å²) in [5, 5.41) is 9.57. The van der Waals surface area contributed by atoms with Crippen LogP contribution in [-0.4, -0.2) is 27.8 Å². The van der Waals surface area contributed by atoms with Crippen molar-refractivity contribution in [3.63, 3.8) is 0 Å². The van der Waals surface area contributed by atoms with E-state index >= 15 is 0 Å². The Balaban J connectivity index is 1.72. The van der Waals surface area contributed by atoms with Gasteiger partial charge in [-0.15, -0.1) is 10.2 Å². The molecule has 7 heteroatoms. The van der Waals surface area contributed by atoms with Gasteiger partial charge in [0.1, 0.15) is 6.33 Å². The van der Waals surface area contributed by atoms with E-state index in [9.17, 15) is 4.79 Å². The first kappa shape index (κ1) is 16.5. The number of nitrogens with zero attached hydrogens (tertiary/aromatic N) is 3. The van der Waals surface area contributed by atoms with Crippen molar-refractivity contribution in [2.24, 2.45) is 0 Å². The number of thioether (sulfide) groups is 1. The van der Waals surface area contributed by atoms with Crippen molar-refractivity contribution in [1.82, 2.24) is 14.8 Å². The normalized spacial score (nSPS) is 10.6. The van der Waals surface area contributed by atoms with Crippen LogP contribution >= 0.6 is 23.4 Å². The van der Waals surface area contributed by atoms with Gasteiger partial charge >= 0.3 is 5.97 Å². The maximum atomic E-state index is 11.4. The number of methoxy groups -OCH3 is 1. The standard InChI is InChI=1S/C17H14ClN3O2S/c1-23-16(22)13-7-5-12(6-8-13)10-24-17-20-19-11-21(17)15-4-2-3-14(18)9-15/h2-9,11H,10H2,1H3. The van der Waals surface area contributed by atoms with Crippen molar-refractivity contribution >= 4 is 29.3 Å². The predicted molar refractivity (Wildman–Crippen MR) is 93.7 cm³/mol. The molecule has 0 N–H and O–H groups in total. The van der Waals surface area contributed by atoms with Crippen molar-refractivity contribution in [3.8, 4) is 5.69 Å². The number of halogens is 1. The molecule has 0 fully saturated rings. The lowest BCUT2D eigenvalue weighted by Gasteiger charge is -2.07. The molecule has 0 radical (unpaired) electrons. The van der Waals surface area contributed by atoms with Gasteiger partial charge in [-0.25, -0.2) is 4.79 Å². The van der Waals surface area contributed by atoms with E-state index in [0.29, 0.717) is 16.3 Å². The molecule has 0 saturated carbocycles. The van der Waals surface area contributed by atoms with E-state index in [1.54, 1.807) is 30.2 Å². The molecule has 0 spiro atoms. The van der Waals surface area contributed by atoms with E-state index < -0.39 is 0 Å². The quantitative estimate of drug-likeness (QED) is 0.509. The second kappa shape index (κ2) is 7.51. The summed E-state index contributed by atoms with van der Waals surface area (Å²) in [5.41, 5.74) is 2.53. The van der Waals surface area contributed by atoms with Crippen LogP contribution in [0.1, 0.15) is 15.9 Å². The fraction of sp³-hybridized carbons (Fsp3) is 0.118. The molecule has 0 saturated heterocycles. The van der Waals surface area contributed by atoms with Gasteiger partial charge in [0, 0.05) is 10.8 Å². The third-order valence-electron chi connectivity index (χ3n) is 3.35. The van der Waals surface area contributed by atoms with E-state index in [1.807, 2.05) is 41.0 Å². The Labute approximate surface area is 148 Å². The van der Waals surface area contributed by atoms with Gasteiger partial charge in [-0.3, -0.25) is 4.57 Å². The van der Waals surface area contributed by atoms with Crippen LogP contribution < -0.4 is 0 Å². The monoisotopic (exact) mass is 359 g/mol. The second-order valence-electron chi connectivity index (χ2n) is 4.94. The lowest BCUT2D eigenvalue weighted by Crippen LogP contribution is -2.00. The summed E-state index contributed by atoms with van der Waals surface area (Å²) in [6, 6.07) is 14.8. The molecule has 0 aliphatic heterocycles. The molecule has 0 unspecified atom stereocenters. The number of hydrogen-bond acceptors (Lipinski definition) is 5. The van der Waals surface area contributed by atoms with Gasteiger partial charge in [-0.05, 0) is 35.9 Å². The molecule has 0 aliphatic rings. The van der Waals surface area contributed by atoms with Gasteiger partial charge in [0.15, 0.2) is 5.16 Å². The van der Waals surface area contributed by atoms with Gasteiger partial charge in [0.05, 0.1) is 18.4 Å². The number of carbonyl (C=O) groups excluding carboxylic acids is 1. The fourth-order valence-electron chi connectivity index (χ4n) is 2.13. The molecule has 122 valence electrons. The third kappa shape index (κ3) is 3.77. The SMILES string of the molecule is COC(=O)c1ccc(CSc2nncn2-c2cccc(Cl)c2)cc1. The average Bonchev–Trinajstić information content (AvgIpc) is 3.08. The Morgan fingerprint density at radius 3 is 2.75 bits per heavy atom. The molecule has 0 atom stereocenters. The molecule has 0 aliphatic carbocycles. The van der Waals surface area contributed by atoms with Crippen LogP contribution in [0.2, 0.25) is 5.02 Å². The lowest BCUT2D eigenvalue weighted by molar-refractivity contribution is 0.0600. The van der Waals surface area contributed by atoms with E-state index in [-0.39, 0.29) is 5.97 Å². The zero-order valence-electron chi connectivity index (χ0n) is 12.8. The summed E-state index contributed by atoms with van der Waals surface area (Å²) >= 11 is 7.60. The number of ether oxygens (including phenoxy) is 1. The summed E-state index contributed by atoms with van der Waals surface area (Å²) in [6.45, 7) is 0. The first-order valence-electron chi connectivity index (χ1n) is 7.13. The van der Waals surface area contributed by atoms with Crippen LogP contribution in [0.25, 0.3) is 5.69 Å². The Morgan fingerprint density at radius 2 is 2.04 bits per heavy atom. The summed E-state index contributed by atoms with van der Waals surface area (Å²) in [4.78, 5) is 11.4. The number of benzene rings is 2. The second-order valence-corrected chi connectivity index (χ2v) is 6.32. The minimum absolute atomic E-state index is 0.338. The van der Waals surface area contributed by atoms with E-state index in [4.69, 9.17) is 16.3 Å². The van der Waals surface area contributed by atoms with E-state index in [0.717, 1.165) is 16.4 Å². The molecular formula is C17H14ClN3O2S. The fourth-order valence-corrected chi connectivity index (χ4v) is 3.20. The average molecular weight is 360 g/mol. The number of rotatable bonds is 5. The van der Waals surface area contributed by atoms with Crippen molar-refractivity contribution in [1.29, 1.82) is 0 Å². The minimum Gasteiger partial charge on any atom is -0.465 e. The van der Waals surface area contributed by atoms with Crippen molar-refractivity contribution in [2.45, 2.75) is 10.9 Å². The number of aromatic nitrogens is 3. The Bertz CT molecular complexity index is 849. The third-order valence-corrected chi connectivity index (χ3v) is 4.60. The van der Waals surface area contributed by atoms with Gasteiger partial charge < -0.3 is 4.74 Å². The highest BCUT2D eigenvalue weighted by Gasteiger charge is 2.09. The first-order valence-corrected chi connectivity index (χ1v) is 8.50. The zero-order chi connectivity index (χ0) is 16.9. The van der Waals surface area contributed by atoms with Crippen LogP contribution in [0.15, 0.2) is 60.0 Å². The van der Waals surface area contributed by atoms with E-state index in [2.05, 4.69) is 10.2 Å². The van der Waals surface area contributed by atoms with Gasteiger partial charge in [-0.2, -0.15) is 0 Å². The van der Waals surface area contributed by atoms with Crippen LogP contribution in [0.3, 0.4) is 0 Å². The molecule has 3 rings (SSSR count). The highest BCUT2D eigenvalue weighted by atomic mass is 35.5. The molecular weight excluding hydrogens is 346 g/mol.